The van der Waals surface area contributed by atoms with E-state index in [4.69, 9.17) is 0 Å². The van der Waals surface area contributed by atoms with Crippen molar-refractivity contribution in [3.63, 3.8) is 0 Å². The lowest BCUT2D eigenvalue weighted by Crippen LogP contribution is -2.58. The van der Waals surface area contributed by atoms with E-state index >= 15 is 4.79 Å². The molecule has 46 heavy (non-hydrogen) atoms. The number of amides is 3. The van der Waals surface area contributed by atoms with E-state index in [0.29, 0.717) is 25.9 Å². The van der Waals surface area contributed by atoms with E-state index in [-0.39, 0.29) is 46.9 Å². The molecule has 0 aromatic heterocycles. The highest BCUT2D eigenvalue weighted by molar-refractivity contribution is 9.09. The standard InChI is InChI=1S/C37H46BrN3O4S/c1-7-16-39(21-26-12-10-9-11-13-26)34(43)30-31-35(44)41(27(22-42)18-23(3)4)33(37(31)20-28(38)32(30)46-37)36(45)40(17-8-2)29-19-24(5)14-15-25(29)6/h7-15,19,23,27-28,30-33,42H,1-2,16-18,20-22H2,3-6H3/t27-,28?,30+,31+,32+,33?,37?/m1/s1. The van der Waals surface area contributed by atoms with Crippen molar-refractivity contribution in [2.75, 3.05) is 24.6 Å². The second-order valence-electron chi connectivity index (χ2n) is 13.4. The van der Waals surface area contributed by atoms with Crippen molar-refractivity contribution in [2.24, 2.45) is 17.8 Å². The normalized spacial score (nSPS) is 27.1. The fourth-order valence-electron chi connectivity index (χ4n) is 7.84. The van der Waals surface area contributed by atoms with Gasteiger partial charge in [-0.05, 0) is 55.4 Å². The number of hydrogen-bond acceptors (Lipinski definition) is 5. The molecule has 1 N–H and O–H groups in total. The predicted octanol–water partition coefficient (Wildman–Crippen LogP) is 5.91. The van der Waals surface area contributed by atoms with E-state index in [0.717, 1.165) is 22.4 Å². The highest BCUT2D eigenvalue weighted by atomic mass is 79.9. The van der Waals surface area contributed by atoms with Crippen molar-refractivity contribution >= 4 is 51.1 Å². The maximum atomic E-state index is 15.1. The van der Waals surface area contributed by atoms with Crippen molar-refractivity contribution in [3.8, 4) is 0 Å². The Morgan fingerprint density at radius 1 is 1.11 bits per heavy atom. The number of benzene rings is 2. The van der Waals surface area contributed by atoms with Crippen LogP contribution in [-0.4, -0.2) is 79.2 Å². The van der Waals surface area contributed by atoms with Crippen molar-refractivity contribution in [2.45, 2.75) is 74.0 Å². The van der Waals surface area contributed by atoms with E-state index in [1.807, 2.05) is 62.4 Å². The van der Waals surface area contributed by atoms with E-state index in [2.05, 4.69) is 42.9 Å². The third kappa shape index (κ3) is 6.11. The van der Waals surface area contributed by atoms with Gasteiger partial charge in [-0.15, -0.1) is 24.9 Å². The quantitative estimate of drug-likeness (QED) is 0.207. The molecule has 3 saturated heterocycles. The van der Waals surface area contributed by atoms with Gasteiger partial charge in [0.05, 0.1) is 29.2 Å². The molecule has 0 radical (unpaired) electrons. The summed E-state index contributed by atoms with van der Waals surface area (Å²) in [4.78, 5) is 49.7. The number of rotatable bonds is 13. The smallest absolute Gasteiger partial charge is 0.251 e. The fourth-order valence-corrected chi connectivity index (χ4v) is 11.4. The summed E-state index contributed by atoms with van der Waals surface area (Å²) in [6.07, 6.45) is 4.55. The summed E-state index contributed by atoms with van der Waals surface area (Å²) >= 11 is 5.53. The van der Waals surface area contributed by atoms with Crippen molar-refractivity contribution in [3.05, 3.63) is 90.5 Å². The van der Waals surface area contributed by atoms with Crippen LogP contribution in [0.3, 0.4) is 0 Å². The lowest BCUT2D eigenvalue weighted by Gasteiger charge is -2.40. The van der Waals surface area contributed by atoms with E-state index in [1.54, 1.807) is 38.6 Å². The molecule has 2 aromatic carbocycles. The SMILES string of the molecule is C=CCN(Cc1ccccc1)C(=O)[C@H]1[C@H]2C(=O)N([C@@H](CO)CC(C)C)C(C(=O)N(CC=C)c3cc(C)ccc3C)C23CC(Br)[C@@H]1S3. The third-order valence-electron chi connectivity index (χ3n) is 9.70. The van der Waals surface area contributed by atoms with Crippen molar-refractivity contribution in [1.82, 2.24) is 9.80 Å². The van der Waals surface area contributed by atoms with Gasteiger partial charge in [0.15, 0.2) is 0 Å². The Hall–Kier alpha value is -2.88. The van der Waals surface area contributed by atoms with Crippen LogP contribution in [0.25, 0.3) is 0 Å². The molecule has 1 spiro atoms. The first-order valence-electron chi connectivity index (χ1n) is 16.2. The van der Waals surface area contributed by atoms with Gasteiger partial charge in [-0.2, -0.15) is 0 Å². The lowest BCUT2D eigenvalue weighted by molar-refractivity contribution is -0.145. The lowest BCUT2D eigenvalue weighted by atomic mass is 9.70. The Kier molecular flexibility index (Phi) is 10.5. The second kappa shape index (κ2) is 14.1. The maximum Gasteiger partial charge on any atom is 0.251 e. The van der Waals surface area contributed by atoms with E-state index in [1.165, 1.54) is 0 Å². The van der Waals surface area contributed by atoms with Gasteiger partial charge in [0, 0.05) is 35.4 Å². The van der Waals surface area contributed by atoms with Crippen LogP contribution < -0.4 is 4.90 Å². The molecule has 3 unspecified atom stereocenters. The number of halogens is 1. The van der Waals surface area contributed by atoms with Gasteiger partial charge >= 0.3 is 0 Å². The van der Waals surface area contributed by atoms with Crippen LogP contribution in [0, 0.1) is 31.6 Å². The molecule has 7 atom stereocenters. The minimum Gasteiger partial charge on any atom is -0.394 e. The molecule has 5 rings (SSSR count). The average molecular weight is 709 g/mol. The molecule has 3 aliphatic rings. The molecule has 9 heteroatoms. The number of fused-ring (bicyclic) bond motifs is 1. The van der Waals surface area contributed by atoms with Crippen molar-refractivity contribution in [1.29, 1.82) is 0 Å². The van der Waals surface area contributed by atoms with Gasteiger partial charge in [-0.1, -0.05) is 84.4 Å². The third-order valence-corrected chi connectivity index (χ3v) is 12.9. The largest absolute Gasteiger partial charge is 0.394 e. The fraction of sp³-hybridized carbons (Fsp3) is 0.486. The highest BCUT2D eigenvalue weighted by Gasteiger charge is 2.76. The Bertz CT molecular complexity index is 1480. The van der Waals surface area contributed by atoms with Crippen LogP contribution >= 0.6 is 27.7 Å². The minimum atomic E-state index is -0.851. The number of hydrogen-bond donors (Lipinski definition) is 1. The summed E-state index contributed by atoms with van der Waals surface area (Å²) in [5, 5.41) is 10.6. The van der Waals surface area contributed by atoms with Crippen molar-refractivity contribution < 1.29 is 19.5 Å². The van der Waals surface area contributed by atoms with E-state index in [9.17, 15) is 14.7 Å². The van der Waals surface area contributed by atoms with Gasteiger partial charge in [-0.25, -0.2) is 0 Å². The Balaban J connectivity index is 1.62. The molecular formula is C37H46BrN3O4S. The number of alkyl halides is 1. The summed E-state index contributed by atoms with van der Waals surface area (Å²) in [5.74, 6) is -1.62. The van der Waals surface area contributed by atoms with Crippen LogP contribution in [0.4, 0.5) is 5.69 Å². The number of aliphatic hydroxyl groups is 1. The van der Waals surface area contributed by atoms with Gasteiger partial charge < -0.3 is 19.8 Å². The number of carbonyl (C=O) groups is 3. The number of nitrogens with zero attached hydrogens (tertiary/aromatic N) is 3. The molecule has 2 aromatic rings. The number of aliphatic hydroxyl groups excluding tert-OH is 1. The summed E-state index contributed by atoms with van der Waals surface area (Å²) in [6, 6.07) is 14.4. The molecule has 7 nitrogen and oxygen atoms in total. The number of carbonyl (C=O) groups excluding carboxylic acids is 3. The molecule has 3 heterocycles. The topological polar surface area (TPSA) is 81.2 Å². The number of aryl methyl sites for hydroxylation is 2. The maximum absolute atomic E-state index is 15.1. The minimum absolute atomic E-state index is 0.0562. The zero-order chi connectivity index (χ0) is 33.3. The number of anilines is 1. The Morgan fingerprint density at radius 3 is 2.43 bits per heavy atom. The average Bonchev–Trinajstić information content (AvgIpc) is 3.62. The van der Waals surface area contributed by atoms with Gasteiger partial charge in [0.1, 0.15) is 6.04 Å². The molecule has 0 aliphatic carbocycles. The Labute approximate surface area is 286 Å². The first-order chi connectivity index (χ1) is 22.0. The van der Waals surface area contributed by atoms with Gasteiger partial charge in [-0.3, -0.25) is 14.4 Å². The van der Waals surface area contributed by atoms with Crippen LogP contribution in [-0.2, 0) is 20.9 Å². The van der Waals surface area contributed by atoms with Crippen LogP contribution in [0.2, 0.25) is 0 Å². The first-order valence-corrected chi connectivity index (χ1v) is 18.0. The van der Waals surface area contributed by atoms with Crippen LogP contribution in [0.5, 0.6) is 0 Å². The van der Waals surface area contributed by atoms with Crippen LogP contribution in [0.15, 0.2) is 73.8 Å². The molecular weight excluding hydrogens is 662 g/mol. The summed E-state index contributed by atoms with van der Waals surface area (Å²) < 4.78 is -0.832. The molecule has 0 saturated carbocycles. The van der Waals surface area contributed by atoms with E-state index < -0.39 is 28.7 Å². The van der Waals surface area contributed by atoms with Gasteiger partial charge in [0.2, 0.25) is 11.8 Å². The first kappa shape index (κ1) is 34.5. The number of likely N-dealkylation sites (tertiary alicyclic amines) is 1. The zero-order valence-corrected chi connectivity index (χ0v) is 29.7. The molecule has 3 fully saturated rings. The molecule has 3 amide bonds. The highest BCUT2D eigenvalue weighted by Crippen LogP contribution is 2.68. The van der Waals surface area contributed by atoms with Crippen LogP contribution in [0.1, 0.15) is 43.4 Å². The summed E-state index contributed by atoms with van der Waals surface area (Å²) in [6.45, 7) is 16.7. The summed E-state index contributed by atoms with van der Waals surface area (Å²) in [5.41, 5.74) is 3.75. The number of thioether (sulfide) groups is 1. The second-order valence-corrected chi connectivity index (χ2v) is 16.1. The monoisotopic (exact) mass is 707 g/mol. The predicted molar refractivity (Wildman–Crippen MR) is 190 cm³/mol. The Morgan fingerprint density at radius 2 is 1.80 bits per heavy atom. The molecule has 2 bridgehead atoms. The summed E-state index contributed by atoms with van der Waals surface area (Å²) in [7, 11) is 0. The molecule has 246 valence electrons. The van der Waals surface area contributed by atoms with Gasteiger partial charge in [0.25, 0.3) is 5.91 Å². The molecule has 3 aliphatic heterocycles. The zero-order valence-electron chi connectivity index (χ0n) is 27.3.